The zero-order chi connectivity index (χ0) is 13.1. The van der Waals surface area contributed by atoms with E-state index in [4.69, 9.17) is 0 Å². The lowest BCUT2D eigenvalue weighted by molar-refractivity contribution is 0.100. The van der Waals surface area contributed by atoms with Gasteiger partial charge in [0.15, 0.2) is 11.6 Å². The highest BCUT2D eigenvalue weighted by Crippen LogP contribution is 2.22. The smallest absolute Gasteiger partial charge is 0.159 e. The van der Waals surface area contributed by atoms with Crippen molar-refractivity contribution in [2.24, 2.45) is 0 Å². The van der Waals surface area contributed by atoms with Crippen LogP contribution in [0.4, 0.5) is 0 Å². The molecule has 2 nitrogen and oxygen atoms in total. The maximum atomic E-state index is 11.3. The molecule has 2 aromatic rings. The fraction of sp³-hybridized carbons (Fsp3) is 0.125. The van der Waals surface area contributed by atoms with Crippen LogP contribution in [-0.2, 0) is 0 Å². The molecule has 0 aliphatic heterocycles. The van der Waals surface area contributed by atoms with Crippen LogP contribution < -0.4 is 0 Å². The number of hydrogen-bond donors (Lipinski definition) is 0. The molecule has 0 bridgehead atoms. The van der Waals surface area contributed by atoms with Crippen LogP contribution in [0.25, 0.3) is 11.1 Å². The number of hydrogen-bond acceptors (Lipinski definition) is 2. The Morgan fingerprint density at radius 2 is 1.11 bits per heavy atom. The monoisotopic (exact) mass is 238 g/mol. The SMILES string of the molecule is CC(=O)c1cccc(-c2cccc(C(C)=O)c2)c1. The minimum Gasteiger partial charge on any atom is -0.295 e. The van der Waals surface area contributed by atoms with Gasteiger partial charge in [0.25, 0.3) is 0 Å². The van der Waals surface area contributed by atoms with Crippen LogP contribution in [0.1, 0.15) is 34.6 Å². The molecule has 0 radical (unpaired) electrons. The molecule has 0 heterocycles. The summed E-state index contributed by atoms with van der Waals surface area (Å²) in [5.41, 5.74) is 3.26. The summed E-state index contributed by atoms with van der Waals surface area (Å²) >= 11 is 0. The van der Waals surface area contributed by atoms with Gasteiger partial charge in [-0.1, -0.05) is 36.4 Å². The maximum absolute atomic E-state index is 11.3. The summed E-state index contributed by atoms with van der Waals surface area (Å²) in [7, 11) is 0. The van der Waals surface area contributed by atoms with Crippen molar-refractivity contribution in [3.63, 3.8) is 0 Å². The molecule has 0 aliphatic rings. The molecule has 0 atom stereocenters. The van der Waals surface area contributed by atoms with Gasteiger partial charge in [-0.3, -0.25) is 9.59 Å². The zero-order valence-electron chi connectivity index (χ0n) is 10.4. The normalized spacial score (nSPS) is 10.1. The van der Waals surface area contributed by atoms with E-state index < -0.39 is 0 Å². The van der Waals surface area contributed by atoms with Gasteiger partial charge in [0.05, 0.1) is 0 Å². The molecule has 0 aromatic heterocycles. The minimum absolute atomic E-state index is 0.0413. The summed E-state index contributed by atoms with van der Waals surface area (Å²) in [4.78, 5) is 22.7. The summed E-state index contributed by atoms with van der Waals surface area (Å²) in [5.74, 6) is 0.0825. The molecule has 0 aliphatic carbocycles. The van der Waals surface area contributed by atoms with E-state index in [0.29, 0.717) is 11.1 Å². The number of carbonyl (C=O) groups is 2. The fourth-order valence-electron chi connectivity index (χ4n) is 1.84. The second kappa shape index (κ2) is 4.96. The Kier molecular flexibility index (Phi) is 3.38. The van der Waals surface area contributed by atoms with Gasteiger partial charge in [0.2, 0.25) is 0 Å². The highest BCUT2D eigenvalue weighted by molar-refractivity contribution is 5.97. The van der Waals surface area contributed by atoms with Crippen molar-refractivity contribution in [1.82, 2.24) is 0 Å². The largest absolute Gasteiger partial charge is 0.295 e. The van der Waals surface area contributed by atoms with E-state index in [0.717, 1.165) is 11.1 Å². The lowest BCUT2D eigenvalue weighted by Gasteiger charge is -2.05. The molecular formula is C16H14O2. The van der Waals surface area contributed by atoms with Crippen molar-refractivity contribution in [1.29, 1.82) is 0 Å². The van der Waals surface area contributed by atoms with Gasteiger partial charge in [-0.05, 0) is 37.1 Å². The van der Waals surface area contributed by atoms with E-state index in [9.17, 15) is 9.59 Å². The molecule has 0 amide bonds. The van der Waals surface area contributed by atoms with Crippen molar-refractivity contribution in [2.75, 3.05) is 0 Å². The minimum atomic E-state index is 0.0413. The summed E-state index contributed by atoms with van der Waals surface area (Å²) in [6.07, 6.45) is 0. The molecule has 18 heavy (non-hydrogen) atoms. The number of benzene rings is 2. The Morgan fingerprint density at radius 1 is 0.722 bits per heavy atom. The fourth-order valence-corrected chi connectivity index (χ4v) is 1.84. The van der Waals surface area contributed by atoms with Crippen molar-refractivity contribution >= 4 is 11.6 Å². The topological polar surface area (TPSA) is 34.1 Å². The molecule has 0 saturated carbocycles. The number of rotatable bonds is 3. The molecular weight excluding hydrogens is 224 g/mol. The lowest BCUT2D eigenvalue weighted by atomic mass is 9.99. The van der Waals surface area contributed by atoms with Gasteiger partial charge < -0.3 is 0 Å². The third kappa shape index (κ3) is 2.54. The van der Waals surface area contributed by atoms with Crippen LogP contribution in [0, 0.1) is 0 Å². The first-order valence-electron chi connectivity index (χ1n) is 5.80. The second-order valence-electron chi connectivity index (χ2n) is 4.27. The van der Waals surface area contributed by atoms with Crippen molar-refractivity contribution in [3.05, 3.63) is 59.7 Å². The Bertz CT molecular complexity index is 556. The maximum Gasteiger partial charge on any atom is 0.159 e. The molecule has 2 heteroatoms. The van der Waals surface area contributed by atoms with Crippen LogP contribution in [0.5, 0.6) is 0 Å². The van der Waals surface area contributed by atoms with Crippen LogP contribution in [0.15, 0.2) is 48.5 Å². The van der Waals surface area contributed by atoms with E-state index in [-0.39, 0.29) is 11.6 Å². The zero-order valence-corrected chi connectivity index (χ0v) is 10.4. The standard InChI is InChI=1S/C16H14O2/c1-11(17)13-5-3-7-15(9-13)16-8-4-6-14(10-16)12(2)18/h3-10H,1-2H3. The van der Waals surface area contributed by atoms with Crippen molar-refractivity contribution < 1.29 is 9.59 Å². The first kappa shape index (κ1) is 12.2. The molecule has 0 unspecified atom stereocenters. The van der Waals surface area contributed by atoms with Gasteiger partial charge >= 0.3 is 0 Å². The second-order valence-corrected chi connectivity index (χ2v) is 4.27. The Balaban J connectivity index is 2.48. The predicted octanol–water partition coefficient (Wildman–Crippen LogP) is 3.76. The van der Waals surface area contributed by atoms with E-state index >= 15 is 0 Å². The first-order chi connectivity index (χ1) is 8.58. The Hall–Kier alpha value is -2.22. The van der Waals surface area contributed by atoms with Crippen LogP contribution in [0.3, 0.4) is 0 Å². The molecule has 0 saturated heterocycles. The Labute approximate surface area is 106 Å². The third-order valence-electron chi connectivity index (χ3n) is 2.87. The number of Topliss-reactive ketones (excluding diaryl/α,β-unsaturated/α-hetero) is 2. The average Bonchev–Trinajstić information content (AvgIpc) is 2.39. The molecule has 0 N–H and O–H groups in total. The van der Waals surface area contributed by atoms with E-state index in [2.05, 4.69) is 0 Å². The Morgan fingerprint density at radius 3 is 1.44 bits per heavy atom. The molecule has 0 spiro atoms. The molecule has 0 fully saturated rings. The number of carbonyl (C=O) groups excluding carboxylic acids is 2. The van der Waals surface area contributed by atoms with Gasteiger partial charge in [0.1, 0.15) is 0 Å². The van der Waals surface area contributed by atoms with E-state index in [1.54, 1.807) is 26.0 Å². The van der Waals surface area contributed by atoms with Gasteiger partial charge in [-0.2, -0.15) is 0 Å². The van der Waals surface area contributed by atoms with Crippen LogP contribution >= 0.6 is 0 Å². The average molecular weight is 238 g/mol. The predicted molar refractivity (Wildman–Crippen MR) is 71.9 cm³/mol. The van der Waals surface area contributed by atoms with Gasteiger partial charge in [-0.15, -0.1) is 0 Å². The van der Waals surface area contributed by atoms with Gasteiger partial charge in [0, 0.05) is 11.1 Å². The quantitative estimate of drug-likeness (QED) is 0.763. The summed E-state index contributed by atoms with van der Waals surface area (Å²) < 4.78 is 0. The van der Waals surface area contributed by atoms with Crippen molar-refractivity contribution in [2.45, 2.75) is 13.8 Å². The van der Waals surface area contributed by atoms with Crippen LogP contribution in [-0.4, -0.2) is 11.6 Å². The highest BCUT2D eigenvalue weighted by Gasteiger charge is 2.05. The summed E-state index contributed by atoms with van der Waals surface area (Å²) in [6.45, 7) is 3.09. The molecule has 2 rings (SSSR count). The van der Waals surface area contributed by atoms with Crippen molar-refractivity contribution in [3.8, 4) is 11.1 Å². The lowest BCUT2D eigenvalue weighted by Crippen LogP contribution is -1.94. The first-order valence-corrected chi connectivity index (χ1v) is 5.80. The highest BCUT2D eigenvalue weighted by atomic mass is 16.1. The summed E-state index contributed by atoms with van der Waals surface area (Å²) in [5, 5.41) is 0. The van der Waals surface area contributed by atoms with Gasteiger partial charge in [-0.25, -0.2) is 0 Å². The van der Waals surface area contributed by atoms with E-state index in [1.807, 2.05) is 36.4 Å². The number of ketones is 2. The summed E-state index contributed by atoms with van der Waals surface area (Å²) in [6, 6.07) is 14.9. The van der Waals surface area contributed by atoms with Crippen LogP contribution in [0.2, 0.25) is 0 Å². The third-order valence-corrected chi connectivity index (χ3v) is 2.87. The molecule has 2 aromatic carbocycles. The molecule has 90 valence electrons. The van der Waals surface area contributed by atoms with E-state index in [1.165, 1.54) is 0 Å².